The predicted molar refractivity (Wildman–Crippen MR) is 63.7 cm³/mol. The number of likely N-dealkylation sites (tertiary alicyclic amines) is 1. The normalized spacial score (nSPS) is 25.0. The van der Waals surface area contributed by atoms with Crippen LogP contribution in [0.1, 0.15) is 22.8 Å². The molecule has 0 aromatic carbocycles. The summed E-state index contributed by atoms with van der Waals surface area (Å²) in [5.74, 6) is -1.28. The minimum atomic E-state index is -1.28. The largest absolute Gasteiger partial charge is 0.477 e. The molecular formula is C12H15FN2O3. The first-order valence-corrected chi connectivity index (χ1v) is 5.77. The van der Waals surface area contributed by atoms with Crippen molar-refractivity contribution in [2.45, 2.75) is 18.6 Å². The average Bonchev–Trinajstić information content (AvgIpc) is 2.30. The van der Waals surface area contributed by atoms with Gasteiger partial charge in [-0.05, 0) is 25.6 Å². The summed E-state index contributed by atoms with van der Waals surface area (Å²) in [6.45, 7) is 0.948. The van der Waals surface area contributed by atoms with Crippen LogP contribution in [0.4, 0.5) is 4.39 Å². The van der Waals surface area contributed by atoms with Gasteiger partial charge in [0.25, 0.3) is 5.56 Å². The van der Waals surface area contributed by atoms with Crippen LogP contribution in [-0.2, 0) is 0 Å². The topological polar surface area (TPSA) is 62.5 Å². The van der Waals surface area contributed by atoms with E-state index in [0.717, 1.165) is 0 Å². The Morgan fingerprint density at radius 2 is 2.28 bits per heavy atom. The van der Waals surface area contributed by atoms with E-state index in [-0.39, 0.29) is 12.1 Å². The molecule has 5 nitrogen and oxygen atoms in total. The van der Waals surface area contributed by atoms with E-state index in [2.05, 4.69) is 0 Å². The smallest absolute Gasteiger partial charge is 0.341 e. The molecule has 2 unspecified atom stereocenters. The van der Waals surface area contributed by atoms with E-state index in [1.165, 1.54) is 22.9 Å². The number of carbonyl (C=O) groups is 1. The van der Waals surface area contributed by atoms with E-state index >= 15 is 0 Å². The third kappa shape index (κ3) is 2.28. The molecule has 1 saturated heterocycles. The van der Waals surface area contributed by atoms with Gasteiger partial charge in [0.2, 0.25) is 0 Å². The van der Waals surface area contributed by atoms with Gasteiger partial charge >= 0.3 is 5.97 Å². The van der Waals surface area contributed by atoms with Crippen LogP contribution in [0, 0.1) is 0 Å². The van der Waals surface area contributed by atoms with E-state index in [0.29, 0.717) is 13.0 Å². The second-order valence-corrected chi connectivity index (χ2v) is 4.57. The molecule has 1 aromatic rings. The van der Waals surface area contributed by atoms with Crippen LogP contribution in [0.15, 0.2) is 23.1 Å². The molecule has 0 amide bonds. The molecule has 1 aromatic heterocycles. The Hall–Kier alpha value is -1.69. The second-order valence-electron chi connectivity index (χ2n) is 4.57. The fourth-order valence-electron chi connectivity index (χ4n) is 2.29. The Morgan fingerprint density at radius 3 is 2.89 bits per heavy atom. The van der Waals surface area contributed by atoms with Crippen molar-refractivity contribution in [1.82, 2.24) is 9.47 Å². The van der Waals surface area contributed by atoms with Crippen molar-refractivity contribution in [3.63, 3.8) is 0 Å². The van der Waals surface area contributed by atoms with Crippen molar-refractivity contribution in [3.05, 3.63) is 34.2 Å². The van der Waals surface area contributed by atoms with Gasteiger partial charge in [-0.25, -0.2) is 9.18 Å². The van der Waals surface area contributed by atoms with Gasteiger partial charge in [0, 0.05) is 19.3 Å². The fraction of sp³-hybridized carbons (Fsp3) is 0.500. The molecule has 0 radical (unpaired) electrons. The first-order chi connectivity index (χ1) is 8.50. The summed E-state index contributed by atoms with van der Waals surface area (Å²) in [6.07, 6.45) is 0.795. The molecule has 0 saturated carbocycles. The Labute approximate surface area is 103 Å². The van der Waals surface area contributed by atoms with Gasteiger partial charge in [-0.2, -0.15) is 0 Å². The number of carboxylic acids is 1. The van der Waals surface area contributed by atoms with Crippen molar-refractivity contribution in [2.24, 2.45) is 0 Å². The second kappa shape index (κ2) is 4.89. The fourth-order valence-corrected chi connectivity index (χ4v) is 2.29. The van der Waals surface area contributed by atoms with Crippen molar-refractivity contribution < 1.29 is 14.3 Å². The number of rotatable bonds is 2. The number of halogens is 1. The summed E-state index contributed by atoms with van der Waals surface area (Å²) in [5, 5.41) is 8.88. The molecule has 6 heteroatoms. The van der Waals surface area contributed by atoms with E-state index in [1.54, 1.807) is 0 Å². The zero-order valence-corrected chi connectivity index (χ0v) is 10.0. The van der Waals surface area contributed by atoms with Crippen molar-refractivity contribution >= 4 is 5.97 Å². The van der Waals surface area contributed by atoms with E-state index in [4.69, 9.17) is 5.11 Å². The van der Waals surface area contributed by atoms with Gasteiger partial charge in [-0.15, -0.1) is 0 Å². The SMILES string of the molecule is CN1CCC(n2cccc(C(=O)O)c2=O)C(F)C1. The zero-order valence-electron chi connectivity index (χ0n) is 10.0. The van der Waals surface area contributed by atoms with Gasteiger partial charge in [0.15, 0.2) is 0 Å². The number of hydrogen-bond acceptors (Lipinski definition) is 3. The van der Waals surface area contributed by atoms with Gasteiger partial charge < -0.3 is 14.6 Å². The number of alkyl halides is 1. The Bertz CT molecular complexity index is 514. The summed E-state index contributed by atoms with van der Waals surface area (Å²) in [6, 6.07) is 2.13. The Balaban J connectivity index is 2.37. The molecule has 0 aliphatic carbocycles. The number of carboxylic acid groups (broad SMARTS) is 1. The summed E-state index contributed by atoms with van der Waals surface area (Å²) in [4.78, 5) is 24.7. The molecule has 0 spiro atoms. The Morgan fingerprint density at radius 1 is 1.56 bits per heavy atom. The number of piperidine rings is 1. The van der Waals surface area contributed by atoms with Crippen LogP contribution in [0.25, 0.3) is 0 Å². The number of pyridine rings is 1. The molecule has 2 atom stereocenters. The van der Waals surface area contributed by atoms with E-state index in [9.17, 15) is 14.0 Å². The summed E-state index contributed by atoms with van der Waals surface area (Å²) in [7, 11) is 1.82. The molecule has 1 N–H and O–H groups in total. The number of aromatic carboxylic acids is 1. The molecule has 18 heavy (non-hydrogen) atoms. The summed E-state index contributed by atoms with van der Waals surface area (Å²) >= 11 is 0. The number of nitrogens with zero attached hydrogens (tertiary/aromatic N) is 2. The van der Waals surface area contributed by atoms with Crippen molar-refractivity contribution in [2.75, 3.05) is 20.1 Å². The van der Waals surface area contributed by atoms with Crippen LogP contribution in [-0.4, -0.2) is 46.9 Å². The summed E-state index contributed by atoms with van der Waals surface area (Å²) < 4.78 is 15.2. The molecular weight excluding hydrogens is 239 g/mol. The third-order valence-corrected chi connectivity index (χ3v) is 3.27. The first-order valence-electron chi connectivity index (χ1n) is 5.77. The average molecular weight is 254 g/mol. The van der Waals surface area contributed by atoms with Crippen LogP contribution < -0.4 is 5.56 Å². The lowest BCUT2D eigenvalue weighted by molar-refractivity contribution is 0.0690. The maximum Gasteiger partial charge on any atom is 0.341 e. The van der Waals surface area contributed by atoms with Crippen LogP contribution in [0.5, 0.6) is 0 Å². The van der Waals surface area contributed by atoms with E-state index < -0.39 is 23.7 Å². The highest BCUT2D eigenvalue weighted by Gasteiger charge is 2.30. The minimum Gasteiger partial charge on any atom is -0.477 e. The predicted octanol–water partition coefficient (Wildman–Crippen LogP) is 0.761. The van der Waals surface area contributed by atoms with Gasteiger partial charge in [0.05, 0.1) is 6.04 Å². The standard InChI is InChI=1S/C12H15FN2O3/c1-14-6-4-10(9(13)7-14)15-5-2-3-8(11(15)16)12(17)18/h2-3,5,9-10H,4,6-7H2,1H3,(H,17,18). The molecule has 98 valence electrons. The lowest BCUT2D eigenvalue weighted by Gasteiger charge is -2.33. The zero-order chi connectivity index (χ0) is 13.3. The van der Waals surface area contributed by atoms with Crippen LogP contribution in [0.2, 0.25) is 0 Å². The minimum absolute atomic E-state index is 0.258. The number of aromatic nitrogens is 1. The molecule has 2 rings (SSSR count). The maximum absolute atomic E-state index is 13.9. The van der Waals surface area contributed by atoms with Gasteiger partial charge in [0.1, 0.15) is 11.7 Å². The monoisotopic (exact) mass is 254 g/mol. The maximum atomic E-state index is 13.9. The van der Waals surface area contributed by atoms with Gasteiger partial charge in [-0.3, -0.25) is 4.79 Å². The first kappa shape index (κ1) is 12.8. The highest BCUT2D eigenvalue weighted by Crippen LogP contribution is 2.23. The quantitative estimate of drug-likeness (QED) is 0.846. The Kier molecular flexibility index (Phi) is 3.47. The molecule has 1 aliphatic heterocycles. The van der Waals surface area contributed by atoms with Crippen LogP contribution in [0.3, 0.4) is 0 Å². The van der Waals surface area contributed by atoms with Gasteiger partial charge in [-0.1, -0.05) is 0 Å². The molecule has 0 bridgehead atoms. The molecule has 1 fully saturated rings. The lowest BCUT2D eigenvalue weighted by atomic mass is 10.0. The van der Waals surface area contributed by atoms with Crippen molar-refractivity contribution in [3.8, 4) is 0 Å². The lowest BCUT2D eigenvalue weighted by Crippen LogP contribution is -2.43. The van der Waals surface area contributed by atoms with Crippen molar-refractivity contribution in [1.29, 1.82) is 0 Å². The third-order valence-electron chi connectivity index (χ3n) is 3.27. The van der Waals surface area contributed by atoms with Crippen LogP contribution >= 0.6 is 0 Å². The highest BCUT2D eigenvalue weighted by atomic mass is 19.1. The number of hydrogen-bond donors (Lipinski definition) is 1. The summed E-state index contributed by atoms with van der Waals surface area (Å²) in [5.41, 5.74) is -0.953. The van der Waals surface area contributed by atoms with E-state index in [1.807, 2.05) is 11.9 Å². The molecule has 2 heterocycles. The molecule has 1 aliphatic rings. The highest BCUT2D eigenvalue weighted by molar-refractivity contribution is 5.86.